The Morgan fingerprint density at radius 1 is 0.966 bits per heavy atom. The average Bonchev–Trinajstić information content (AvgIpc) is 2.89. The van der Waals surface area contributed by atoms with Crippen LogP contribution in [-0.4, -0.2) is 26.5 Å². The van der Waals surface area contributed by atoms with Crippen molar-refractivity contribution in [3.05, 3.63) is 83.7 Å². The van der Waals surface area contributed by atoms with E-state index in [0.29, 0.717) is 24.4 Å². The summed E-state index contributed by atoms with van der Waals surface area (Å²) in [7, 11) is -3.49. The third-order valence-electron chi connectivity index (χ3n) is 5.25. The predicted molar refractivity (Wildman–Crippen MR) is 116 cm³/mol. The summed E-state index contributed by atoms with van der Waals surface area (Å²) < 4.78 is 27.8. The molecule has 4 rings (SSSR count). The minimum atomic E-state index is -3.49. The SMILES string of the molecule is Cc1ccc(S(=O)(=O)NCCCN2c3ccccc3CCc3ncccc32)cc1. The number of para-hydroxylation sites is 1. The number of nitrogens with zero attached hydrogens (tertiary/aromatic N) is 2. The van der Waals surface area contributed by atoms with Gasteiger partial charge in [-0.15, -0.1) is 0 Å². The molecule has 3 aromatic rings. The number of rotatable bonds is 6. The molecular weight excluding hydrogens is 382 g/mol. The number of anilines is 2. The molecule has 29 heavy (non-hydrogen) atoms. The second-order valence-corrected chi connectivity index (χ2v) is 9.08. The Kier molecular flexibility index (Phi) is 5.65. The van der Waals surface area contributed by atoms with E-state index in [9.17, 15) is 8.42 Å². The zero-order valence-electron chi connectivity index (χ0n) is 16.5. The summed E-state index contributed by atoms with van der Waals surface area (Å²) in [5.41, 5.74) is 5.71. The maximum atomic E-state index is 12.5. The molecule has 0 spiro atoms. The van der Waals surface area contributed by atoms with Gasteiger partial charge in [-0.1, -0.05) is 35.9 Å². The van der Waals surface area contributed by atoms with Gasteiger partial charge in [-0.2, -0.15) is 0 Å². The van der Waals surface area contributed by atoms with Crippen molar-refractivity contribution < 1.29 is 8.42 Å². The molecule has 0 aliphatic carbocycles. The van der Waals surface area contributed by atoms with E-state index >= 15 is 0 Å². The summed E-state index contributed by atoms with van der Waals surface area (Å²) in [6.07, 6.45) is 4.39. The topological polar surface area (TPSA) is 62.3 Å². The largest absolute Gasteiger partial charge is 0.340 e. The summed E-state index contributed by atoms with van der Waals surface area (Å²) in [4.78, 5) is 7.15. The number of sulfonamides is 1. The lowest BCUT2D eigenvalue weighted by Gasteiger charge is -2.26. The monoisotopic (exact) mass is 407 g/mol. The second-order valence-electron chi connectivity index (χ2n) is 7.31. The third-order valence-corrected chi connectivity index (χ3v) is 6.73. The van der Waals surface area contributed by atoms with E-state index in [1.807, 2.05) is 37.4 Å². The summed E-state index contributed by atoms with van der Waals surface area (Å²) in [5.74, 6) is 0. The molecule has 6 heteroatoms. The molecule has 5 nitrogen and oxygen atoms in total. The first kappa shape index (κ1) is 19.6. The van der Waals surface area contributed by atoms with E-state index in [4.69, 9.17) is 0 Å². The van der Waals surface area contributed by atoms with Crippen molar-refractivity contribution in [3.63, 3.8) is 0 Å². The van der Waals surface area contributed by atoms with Crippen LogP contribution < -0.4 is 9.62 Å². The minimum absolute atomic E-state index is 0.303. The molecule has 0 unspecified atom stereocenters. The van der Waals surface area contributed by atoms with Gasteiger partial charge < -0.3 is 4.90 Å². The van der Waals surface area contributed by atoms with Crippen molar-refractivity contribution in [3.8, 4) is 0 Å². The van der Waals surface area contributed by atoms with Crippen LogP contribution in [0.5, 0.6) is 0 Å². The molecule has 0 amide bonds. The van der Waals surface area contributed by atoms with E-state index < -0.39 is 10.0 Å². The Morgan fingerprint density at radius 3 is 2.55 bits per heavy atom. The van der Waals surface area contributed by atoms with Crippen molar-refractivity contribution in [1.82, 2.24) is 9.71 Å². The van der Waals surface area contributed by atoms with E-state index in [1.54, 1.807) is 12.1 Å². The molecule has 0 fully saturated rings. The predicted octanol–water partition coefficient (Wildman–Crippen LogP) is 4.00. The zero-order valence-corrected chi connectivity index (χ0v) is 17.3. The quantitative estimate of drug-likeness (QED) is 0.628. The number of aryl methyl sites for hydroxylation is 3. The fraction of sp³-hybridized carbons (Fsp3) is 0.261. The van der Waals surface area contributed by atoms with Gasteiger partial charge in [0.25, 0.3) is 0 Å². The van der Waals surface area contributed by atoms with Crippen LogP contribution in [-0.2, 0) is 22.9 Å². The van der Waals surface area contributed by atoms with Crippen molar-refractivity contribution in [2.75, 3.05) is 18.0 Å². The van der Waals surface area contributed by atoms with Gasteiger partial charge in [0, 0.05) is 25.0 Å². The van der Waals surface area contributed by atoms with Crippen LogP contribution in [0.15, 0.2) is 71.8 Å². The highest BCUT2D eigenvalue weighted by Crippen LogP contribution is 2.34. The Balaban J connectivity index is 1.48. The smallest absolute Gasteiger partial charge is 0.240 e. The van der Waals surface area contributed by atoms with Crippen LogP contribution in [0.1, 0.15) is 23.2 Å². The van der Waals surface area contributed by atoms with Crippen LogP contribution in [0.25, 0.3) is 0 Å². The highest BCUT2D eigenvalue weighted by molar-refractivity contribution is 7.89. The third kappa shape index (κ3) is 4.33. The van der Waals surface area contributed by atoms with Gasteiger partial charge in [0.05, 0.1) is 16.3 Å². The van der Waals surface area contributed by atoms with Crippen molar-refractivity contribution >= 4 is 21.4 Å². The Morgan fingerprint density at radius 2 is 1.72 bits per heavy atom. The summed E-state index contributed by atoms with van der Waals surface area (Å²) in [6, 6.07) is 19.4. The maximum absolute atomic E-state index is 12.5. The van der Waals surface area contributed by atoms with Gasteiger partial charge in [-0.05, 0) is 62.1 Å². The first-order valence-corrected chi connectivity index (χ1v) is 11.4. The summed E-state index contributed by atoms with van der Waals surface area (Å²) in [6.45, 7) is 3.03. The molecule has 0 saturated carbocycles. The number of hydrogen-bond acceptors (Lipinski definition) is 4. The van der Waals surface area contributed by atoms with Crippen molar-refractivity contribution in [2.24, 2.45) is 0 Å². The van der Waals surface area contributed by atoms with Gasteiger partial charge in [-0.25, -0.2) is 13.1 Å². The van der Waals surface area contributed by atoms with Crippen molar-refractivity contribution in [2.45, 2.75) is 31.1 Å². The molecule has 0 atom stereocenters. The zero-order chi connectivity index (χ0) is 20.3. The Hall–Kier alpha value is -2.70. The normalized spacial score (nSPS) is 13.5. The lowest BCUT2D eigenvalue weighted by molar-refractivity contribution is 0.579. The first-order chi connectivity index (χ1) is 14.0. The molecule has 150 valence electrons. The van der Waals surface area contributed by atoms with Gasteiger partial charge in [-0.3, -0.25) is 4.98 Å². The molecule has 2 aromatic carbocycles. The fourth-order valence-electron chi connectivity index (χ4n) is 3.72. The van der Waals surface area contributed by atoms with Gasteiger partial charge in [0.1, 0.15) is 0 Å². The molecular formula is C23H25N3O2S. The number of benzene rings is 2. The Bertz CT molecular complexity index is 1050. The second kappa shape index (κ2) is 8.35. The lowest BCUT2D eigenvalue weighted by Crippen LogP contribution is -2.28. The molecule has 1 N–H and O–H groups in total. The van der Waals surface area contributed by atoms with Gasteiger partial charge in [0.15, 0.2) is 0 Å². The number of fused-ring (bicyclic) bond motifs is 2. The van der Waals surface area contributed by atoms with Crippen LogP contribution in [0.2, 0.25) is 0 Å². The molecule has 0 radical (unpaired) electrons. The molecule has 1 aliphatic heterocycles. The molecule has 0 bridgehead atoms. The van der Waals surface area contributed by atoms with Gasteiger partial charge >= 0.3 is 0 Å². The highest BCUT2D eigenvalue weighted by Gasteiger charge is 2.21. The van der Waals surface area contributed by atoms with Crippen LogP contribution in [0.4, 0.5) is 11.4 Å². The average molecular weight is 408 g/mol. The number of nitrogens with one attached hydrogen (secondary N) is 1. The summed E-state index contributed by atoms with van der Waals surface area (Å²) in [5, 5.41) is 0. The Labute approximate surface area is 172 Å². The van der Waals surface area contributed by atoms with E-state index in [1.165, 1.54) is 11.3 Å². The number of pyridine rings is 1. The van der Waals surface area contributed by atoms with E-state index in [0.717, 1.165) is 29.8 Å². The number of hydrogen-bond donors (Lipinski definition) is 1. The summed E-state index contributed by atoms with van der Waals surface area (Å²) >= 11 is 0. The van der Waals surface area contributed by atoms with Crippen LogP contribution >= 0.6 is 0 Å². The first-order valence-electron chi connectivity index (χ1n) is 9.90. The minimum Gasteiger partial charge on any atom is -0.340 e. The van der Waals surface area contributed by atoms with Crippen LogP contribution in [0, 0.1) is 6.92 Å². The highest BCUT2D eigenvalue weighted by atomic mass is 32.2. The molecule has 2 heterocycles. The van der Waals surface area contributed by atoms with Crippen LogP contribution in [0.3, 0.4) is 0 Å². The van der Waals surface area contributed by atoms with Crippen molar-refractivity contribution in [1.29, 1.82) is 0 Å². The fourth-order valence-corrected chi connectivity index (χ4v) is 4.80. The van der Waals surface area contributed by atoms with Gasteiger partial charge in [0.2, 0.25) is 10.0 Å². The van der Waals surface area contributed by atoms with E-state index in [-0.39, 0.29) is 0 Å². The molecule has 1 aromatic heterocycles. The number of aromatic nitrogens is 1. The maximum Gasteiger partial charge on any atom is 0.240 e. The molecule has 0 saturated heterocycles. The molecule has 1 aliphatic rings. The standard InChI is InChI=1S/C23H25N3O2S/c1-18-9-12-20(13-10-18)29(27,28)25-16-5-17-26-22-7-3-2-6-19(22)11-14-21-23(26)8-4-15-24-21/h2-4,6-10,12-13,15,25H,5,11,14,16-17H2,1H3. The van der Waals surface area contributed by atoms with E-state index in [2.05, 4.69) is 38.9 Å². The lowest BCUT2D eigenvalue weighted by atomic mass is 10.1.